The Balaban J connectivity index is 2.00. The third kappa shape index (κ3) is 1.96. The lowest BCUT2D eigenvalue weighted by Gasteiger charge is -2.08. The van der Waals surface area contributed by atoms with E-state index in [9.17, 15) is 4.79 Å². The van der Waals surface area contributed by atoms with Crippen molar-refractivity contribution in [2.24, 2.45) is 0 Å². The van der Waals surface area contributed by atoms with Crippen LogP contribution in [0.25, 0.3) is 5.65 Å². The van der Waals surface area contributed by atoms with Crippen molar-refractivity contribution in [3.8, 4) is 0 Å². The molecule has 0 saturated heterocycles. The Bertz CT molecular complexity index is 585. The fourth-order valence-electron chi connectivity index (χ4n) is 2.65. The van der Waals surface area contributed by atoms with Crippen LogP contribution in [-0.4, -0.2) is 25.7 Å². The molecule has 1 fully saturated rings. The Labute approximate surface area is 104 Å². The van der Waals surface area contributed by atoms with Gasteiger partial charge in [-0.15, -0.1) is 0 Å². The molecule has 5 nitrogen and oxygen atoms in total. The van der Waals surface area contributed by atoms with Crippen LogP contribution in [0.3, 0.4) is 0 Å². The molecule has 3 rings (SSSR count). The first-order valence-corrected chi connectivity index (χ1v) is 6.29. The average Bonchev–Trinajstić information content (AvgIpc) is 2.98. The van der Waals surface area contributed by atoms with Gasteiger partial charge in [-0.25, -0.2) is 9.50 Å². The van der Waals surface area contributed by atoms with Gasteiger partial charge in [-0.3, -0.25) is 4.79 Å². The number of hydrogen-bond donors (Lipinski definition) is 1. The quantitative estimate of drug-likeness (QED) is 0.898. The lowest BCUT2D eigenvalue weighted by Crippen LogP contribution is -2.07. The number of rotatable bonds is 3. The fourth-order valence-corrected chi connectivity index (χ4v) is 2.65. The smallest absolute Gasteiger partial charge is 0.309 e. The molecule has 1 aliphatic carbocycles. The van der Waals surface area contributed by atoms with Gasteiger partial charge in [0.25, 0.3) is 0 Å². The van der Waals surface area contributed by atoms with Crippen molar-refractivity contribution in [2.75, 3.05) is 0 Å². The van der Waals surface area contributed by atoms with E-state index in [0.29, 0.717) is 17.3 Å². The molecule has 0 bridgehead atoms. The summed E-state index contributed by atoms with van der Waals surface area (Å²) < 4.78 is 1.67. The minimum atomic E-state index is -0.857. The molecule has 0 aromatic carbocycles. The van der Waals surface area contributed by atoms with Gasteiger partial charge < -0.3 is 5.11 Å². The molecule has 0 radical (unpaired) electrons. The third-order valence-electron chi connectivity index (χ3n) is 3.56. The first-order valence-electron chi connectivity index (χ1n) is 6.29. The normalized spacial score (nSPS) is 16.4. The molecule has 5 heteroatoms. The zero-order valence-corrected chi connectivity index (χ0v) is 10.0. The van der Waals surface area contributed by atoms with Gasteiger partial charge in [0.2, 0.25) is 0 Å². The molecule has 1 aliphatic rings. The minimum Gasteiger partial charge on any atom is -0.481 e. The number of nitrogens with zero attached hydrogens (tertiary/aromatic N) is 3. The van der Waals surface area contributed by atoms with Crippen LogP contribution in [0.1, 0.15) is 43.0 Å². The Morgan fingerprint density at radius 2 is 2.17 bits per heavy atom. The van der Waals surface area contributed by atoms with Gasteiger partial charge in [0.1, 0.15) is 0 Å². The minimum absolute atomic E-state index is 0.0394. The van der Waals surface area contributed by atoms with Gasteiger partial charge in [-0.2, -0.15) is 5.10 Å². The van der Waals surface area contributed by atoms with Gasteiger partial charge in [-0.1, -0.05) is 12.8 Å². The average molecular weight is 245 g/mol. The molecule has 0 unspecified atom stereocenters. The van der Waals surface area contributed by atoms with Gasteiger partial charge in [0, 0.05) is 5.92 Å². The molecule has 0 aliphatic heterocycles. The zero-order valence-electron chi connectivity index (χ0n) is 10.0. The monoisotopic (exact) mass is 245 g/mol. The molecule has 2 aromatic heterocycles. The molecule has 2 aromatic rings. The molecular formula is C13H15N3O2. The molecular weight excluding hydrogens is 230 g/mol. The highest BCUT2D eigenvalue weighted by Gasteiger charge is 2.19. The fraction of sp³-hybridized carbons (Fsp3) is 0.462. The number of carbonyl (C=O) groups is 1. The number of aliphatic carboxylic acids is 1. The molecule has 18 heavy (non-hydrogen) atoms. The first-order chi connectivity index (χ1) is 8.74. The van der Waals surface area contributed by atoms with Crippen LogP contribution in [0.5, 0.6) is 0 Å². The highest BCUT2D eigenvalue weighted by atomic mass is 16.4. The van der Waals surface area contributed by atoms with Crippen molar-refractivity contribution in [3.63, 3.8) is 0 Å². The highest BCUT2D eigenvalue weighted by molar-refractivity contribution is 5.69. The molecule has 0 atom stereocenters. The Morgan fingerprint density at radius 1 is 1.39 bits per heavy atom. The van der Waals surface area contributed by atoms with Gasteiger partial charge in [0.05, 0.1) is 24.0 Å². The van der Waals surface area contributed by atoms with E-state index in [1.54, 1.807) is 10.7 Å². The number of carboxylic acids is 1. The van der Waals surface area contributed by atoms with Crippen molar-refractivity contribution < 1.29 is 9.90 Å². The summed E-state index contributed by atoms with van der Waals surface area (Å²) in [5.41, 5.74) is 2.41. The van der Waals surface area contributed by atoms with E-state index in [1.165, 1.54) is 25.7 Å². The van der Waals surface area contributed by atoms with E-state index in [1.807, 2.05) is 12.1 Å². The number of hydrogen-bond acceptors (Lipinski definition) is 3. The summed E-state index contributed by atoms with van der Waals surface area (Å²) >= 11 is 0. The Hall–Kier alpha value is -1.91. The van der Waals surface area contributed by atoms with Crippen molar-refractivity contribution in [3.05, 3.63) is 29.7 Å². The summed E-state index contributed by atoms with van der Waals surface area (Å²) in [5, 5.41) is 13.4. The third-order valence-corrected chi connectivity index (χ3v) is 3.56. The number of imidazole rings is 1. The van der Waals surface area contributed by atoms with E-state index >= 15 is 0 Å². The number of carboxylic acid groups (broad SMARTS) is 1. The Morgan fingerprint density at radius 3 is 2.89 bits per heavy atom. The van der Waals surface area contributed by atoms with Crippen LogP contribution in [0.15, 0.2) is 18.3 Å². The summed E-state index contributed by atoms with van der Waals surface area (Å²) in [4.78, 5) is 15.0. The molecule has 1 saturated carbocycles. The summed E-state index contributed by atoms with van der Waals surface area (Å²) in [6.07, 6.45) is 6.44. The lowest BCUT2D eigenvalue weighted by atomic mass is 10.0. The number of fused-ring (bicyclic) bond motifs is 1. The predicted molar refractivity (Wildman–Crippen MR) is 65.5 cm³/mol. The maximum atomic E-state index is 10.8. The highest BCUT2D eigenvalue weighted by Crippen LogP contribution is 2.32. The van der Waals surface area contributed by atoms with Crippen molar-refractivity contribution in [1.29, 1.82) is 0 Å². The largest absolute Gasteiger partial charge is 0.481 e. The van der Waals surface area contributed by atoms with Crippen LogP contribution in [-0.2, 0) is 11.2 Å². The topological polar surface area (TPSA) is 67.5 Å². The van der Waals surface area contributed by atoms with Crippen LogP contribution in [0.4, 0.5) is 0 Å². The molecule has 1 N–H and O–H groups in total. The van der Waals surface area contributed by atoms with Crippen molar-refractivity contribution in [1.82, 2.24) is 14.6 Å². The summed E-state index contributed by atoms with van der Waals surface area (Å²) in [6.45, 7) is 0. The summed E-state index contributed by atoms with van der Waals surface area (Å²) in [6, 6.07) is 3.94. The van der Waals surface area contributed by atoms with Crippen LogP contribution in [0.2, 0.25) is 0 Å². The van der Waals surface area contributed by atoms with Crippen LogP contribution < -0.4 is 0 Å². The second-order valence-corrected chi connectivity index (χ2v) is 4.83. The standard InChI is InChI=1S/C13H15N3O2/c17-13(18)7-10-8-14-12-6-5-11(15-16(10)12)9-3-1-2-4-9/h5-6,8-9H,1-4,7H2,(H,17,18). The van der Waals surface area contributed by atoms with Gasteiger partial charge >= 0.3 is 5.97 Å². The second kappa shape index (κ2) is 4.40. The van der Waals surface area contributed by atoms with Crippen molar-refractivity contribution >= 4 is 11.6 Å². The van der Waals surface area contributed by atoms with Gasteiger partial charge in [0.15, 0.2) is 5.65 Å². The second-order valence-electron chi connectivity index (χ2n) is 4.83. The molecule has 0 amide bonds. The van der Waals surface area contributed by atoms with E-state index in [2.05, 4.69) is 10.1 Å². The molecule has 0 spiro atoms. The summed E-state index contributed by atoms with van der Waals surface area (Å²) in [7, 11) is 0. The van der Waals surface area contributed by atoms with Crippen LogP contribution >= 0.6 is 0 Å². The van der Waals surface area contributed by atoms with Gasteiger partial charge in [-0.05, 0) is 25.0 Å². The van der Waals surface area contributed by atoms with Crippen LogP contribution in [0, 0.1) is 0 Å². The van der Waals surface area contributed by atoms with E-state index in [0.717, 1.165) is 5.69 Å². The maximum Gasteiger partial charge on any atom is 0.309 e. The summed E-state index contributed by atoms with van der Waals surface area (Å²) in [5.74, 6) is -0.334. The molecule has 2 heterocycles. The SMILES string of the molecule is O=C(O)Cc1cnc2ccc(C3CCCC3)nn12. The predicted octanol–water partition coefficient (Wildman–Crippen LogP) is 2.01. The van der Waals surface area contributed by atoms with E-state index in [4.69, 9.17) is 5.11 Å². The number of aromatic nitrogens is 3. The zero-order chi connectivity index (χ0) is 12.5. The first kappa shape index (κ1) is 11.2. The van der Waals surface area contributed by atoms with Crippen molar-refractivity contribution in [2.45, 2.75) is 38.0 Å². The lowest BCUT2D eigenvalue weighted by molar-refractivity contribution is -0.136. The Kier molecular flexibility index (Phi) is 2.74. The maximum absolute atomic E-state index is 10.8. The van der Waals surface area contributed by atoms with E-state index in [-0.39, 0.29) is 6.42 Å². The molecule has 94 valence electrons. The van der Waals surface area contributed by atoms with E-state index < -0.39 is 5.97 Å².